The van der Waals surface area contributed by atoms with Gasteiger partial charge in [0.2, 0.25) is 0 Å². The maximum Gasteiger partial charge on any atom is 0.104 e. The van der Waals surface area contributed by atoms with Gasteiger partial charge in [0.15, 0.2) is 0 Å². The van der Waals surface area contributed by atoms with E-state index in [1.807, 2.05) is 31.3 Å². The maximum atomic E-state index is 4.17. The van der Waals surface area contributed by atoms with Gasteiger partial charge in [0.05, 0.1) is 5.69 Å². The quantitative estimate of drug-likeness (QED) is 0.576. The molecule has 1 aromatic carbocycles. The molecule has 1 aromatic rings. The summed E-state index contributed by atoms with van der Waals surface area (Å²) in [6, 6.07) is 7.94. The van der Waals surface area contributed by atoms with Gasteiger partial charge in [-0.3, -0.25) is 5.43 Å². The summed E-state index contributed by atoms with van der Waals surface area (Å²) in [6.45, 7) is 0. The highest BCUT2D eigenvalue weighted by Crippen LogP contribution is 2.26. The van der Waals surface area contributed by atoms with Gasteiger partial charge in [-0.25, -0.2) is 0 Å². The van der Waals surface area contributed by atoms with Crippen LogP contribution in [0.4, 0.5) is 11.4 Å². The highest BCUT2D eigenvalue weighted by Gasteiger charge is 2.13. The van der Waals surface area contributed by atoms with E-state index in [0.717, 1.165) is 11.4 Å². The van der Waals surface area contributed by atoms with Gasteiger partial charge in [-0.15, -0.1) is 5.12 Å². The number of anilines is 1. The number of nitrogens with zero attached hydrogens (tertiary/aromatic N) is 2. The molecule has 3 heteroatoms. The minimum absolute atomic E-state index is 1.00. The van der Waals surface area contributed by atoms with Crippen molar-refractivity contribution in [3.05, 3.63) is 24.3 Å². The number of hydrazine groups is 1. The van der Waals surface area contributed by atoms with Crippen molar-refractivity contribution in [1.82, 2.24) is 10.5 Å². The topological polar surface area (TPSA) is 29.4 Å². The third-order valence-corrected chi connectivity index (χ3v) is 1.44. The summed E-state index contributed by atoms with van der Waals surface area (Å²) in [4.78, 5) is 0. The van der Waals surface area contributed by atoms with Crippen molar-refractivity contribution >= 4 is 11.4 Å². The Balaban J connectivity index is 2.42. The van der Waals surface area contributed by atoms with Gasteiger partial charge >= 0.3 is 0 Å². The van der Waals surface area contributed by atoms with Crippen LogP contribution in [0.2, 0.25) is 0 Å². The van der Waals surface area contributed by atoms with Crippen molar-refractivity contribution in [2.45, 2.75) is 0 Å². The lowest BCUT2D eigenvalue weighted by Gasteiger charge is -2.03. The molecule has 2 rings (SSSR count). The molecular weight excluding hydrogens is 126 g/mol. The second-order valence-electron chi connectivity index (χ2n) is 2.25. The zero-order valence-electron chi connectivity index (χ0n) is 5.70. The molecule has 1 N–H and O–H groups in total. The van der Waals surface area contributed by atoms with E-state index in [-0.39, 0.29) is 0 Å². The maximum absolute atomic E-state index is 4.17. The van der Waals surface area contributed by atoms with E-state index in [0.29, 0.717) is 0 Å². The van der Waals surface area contributed by atoms with Crippen molar-refractivity contribution in [3.8, 4) is 0 Å². The Bertz CT molecular complexity index is 221. The van der Waals surface area contributed by atoms with Crippen LogP contribution in [0.25, 0.3) is 0 Å². The van der Waals surface area contributed by atoms with Gasteiger partial charge in [-0.1, -0.05) is 12.1 Å². The number of para-hydroxylation sites is 1. The van der Waals surface area contributed by atoms with Gasteiger partial charge in [0.25, 0.3) is 0 Å². The second kappa shape index (κ2) is 1.88. The highest BCUT2D eigenvalue weighted by atomic mass is 15.7. The molecule has 1 aliphatic heterocycles. The first-order valence-electron chi connectivity index (χ1n) is 3.17. The Morgan fingerprint density at radius 2 is 2.20 bits per heavy atom. The Morgan fingerprint density at radius 1 is 1.40 bits per heavy atom. The first-order chi connectivity index (χ1) is 4.86. The van der Waals surface area contributed by atoms with Gasteiger partial charge in [-0.2, -0.15) is 5.43 Å². The largest absolute Gasteiger partial charge is 0.298 e. The van der Waals surface area contributed by atoms with Crippen molar-refractivity contribution in [3.63, 3.8) is 0 Å². The lowest BCUT2D eigenvalue weighted by molar-refractivity contribution is 0.357. The third-order valence-electron chi connectivity index (χ3n) is 1.44. The molecular formula is C7H8N3. The van der Waals surface area contributed by atoms with Gasteiger partial charge in [-0.05, 0) is 12.1 Å². The third kappa shape index (κ3) is 0.717. The van der Waals surface area contributed by atoms with E-state index >= 15 is 0 Å². The van der Waals surface area contributed by atoms with E-state index in [1.165, 1.54) is 0 Å². The van der Waals surface area contributed by atoms with E-state index in [9.17, 15) is 0 Å². The monoisotopic (exact) mass is 134 g/mol. The fraction of sp³-hybridized carbons (Fsp3) is 0.143. The lowest BCUT2D eigenvalue weighted by Crippen LogP contribution is -2.23. The summed E-state index contributed by atoms with van der Waals surface area (Å²) in [6.07, 6.45) is 0. The average molecular weight is 134 g/mol. The number of hydrogen-bond acceptors (Lipinski definition) is 2. The van der Waals surface area contributed by atoms with Crippen molar-refractivity contribution in [2.24, 2.45) is 0 Å². The summed E-state index contributed by atoms with van der Waals surface area (Å²) in [5, 5.41) is 1.70. The van der Waals surface area contributed by atoms with Crippen molar-refractivity contribution in [1.29, 1.82) is 0 Å². The minimum atomic E-state index is 1.00. The zero-order valence-corrected chi connectivity index (χ0v) is 5.70. The smallest absolute Gasteiger partial charge is 0.104 e. The molecule has 0 saturated heterocycles. The molecule has 0 aromatic heterocycles. The zero-order chi connectivity index (χ0) is 6.97. The Morgan fingerprint density at radius 3 is 3.00 bits per heavy atom. The molecule has 0 saturated carbocycles. The fourth-order valence-electron chi connectivity index (χ4n) is 1.02. The molecule has 0 bridgehead atoms. The van der Waals surface area contributed by atoms with Crippen molar-refractivity contribution < 1.29 is 0 Å². The molecule has 3 nitrogen and oxygen atoms in total. The van der Waals surface area contributed by atoms with Crippen LogP contribution in [0, 0.1) is 0 Å². The van der Waals surface area contributed by atoms with Gasteiger partial charge in [0, 0.05) is 7.05 Å². The van der Waals surface area contributed by atoms with E-state index < -0.39 is 0 Å². The molecule has 10 heavy (non-hydrogen) atoms. The predicted octanol–water partition coefficient (Wildman–Crippen LogP) is 1.11. The Kier molecular flexibility index (Phi) is 1.05. The fourth-order valence-corrected chi connectivity index (χ4v) is 1.02. The van der Waals surface area contributed by atoms with Crippen LogP contribution in [-0.4, -0.2) is 12.2 Å². The second-order valence-corrected chi connectivity index (χ2v) is 2.25. The molecule has 0 amide bonds. The predicted molar refractivity (Wildman–Crippen MR) is 39.6 cm³/mol. The molecule has 1 heterocycles. The molecule has 51 valence electrons. The number of rotatable bonds is 0. The summed E-state index contributed by atoms with van der Waals surface area (Å²) in [5.41, 5.74) is 9.32. The molecule has 0 atom stereocenters. The summed E-state index contributed by atoms with van der Waals surface area (Å²) >= 11 is 0. The first-order valence-corrected chi connectivity index (χ1v) is 3.17. The van der Waals surface area contributed by atoms with E-state index in [2.05, 4.69) is 10.9 Å². The SMILES string of the molecule is CN1[N]c2ccccc2N1. The van der Waals surface area contributed by atoms with Crippen molar-refractivity contribution in [2.75, 3.05) is 12.5 Å². The average Bonchev–Trinajstić information content (AvgIpc) is 2.27. The van der Waals surface area contributed by atoms with Crippen LogP contribution in [0.3, 0.4) is 0 Å². The van der Waals surface area contributed by atoms with E-state index in [1.54, 1.807) is 5.12 Å². The Labute approximate surface area is 59.6 Å². The molecule has 0 aliphatic carbocycles. The van der Waals surface area contributed by atoms with Crippen LogP contribution in [0.15, 0.2) is 24.3 Å². The lowest BCUT2D eigenvalue weighted by atomic mass is 10.3. The normalized spacial score (nSPS) is 15.7. The minimum Gasteiger partial charge on any atom is -0.298 e. The molecule has 0 spiro atoms. The van der Waals surface area contributed by atoms with Gasteiger partial charge in [0.1, 0.15) is 5.69 Å². The molecule has 0 unspecified atom stereocenters. The Hall–Kier alpha value is -1.22. The molecule has 1 aliphatic rings. The first kappa shape index (κ1) is 5.56. The van der Waals surface area contributed by atoms with Gasteiger partial charge < -0.3 is 0 Å². The van der Waals surface area contributed by atoms with Crippen LogP contribution in [0.1, 0.15) is 0 Å². The highest BCUT2D eigenvalue weighted by molar-refractivity contribution is 5.66. The number of hydrogen-bond donors (Lipinski definition) is 1. The molecule has 1 radical (unpaired) electrons. The van der Waals surface area contributed by atoms with Crippen LogP contribution in [0.5, 0.6) is 0 Å². The number of benzene rings is 1. The number of fused-ring (bicyclic) bond motifs is 1. The van der Waals surface area contributed by atoms with Crippen LogP contribution >= 0.6 is 0 Å². The van der Waals surface area contributed by atoms with Crippen LogP contribution < -0.4 is 10.9 Å². The summed E-state index contributed by atoms with van der Waals surface area (Å²) in [5.74, 6) is 0. The van der Waals surface area contributed by atoms with E-state index in [4.69, 9.17) is 0 Å². The summed E-state index contributed by atoms with van der Waals surface area (Å²) in [7, 11) is 1.88. The molecule has 0 fully saturated rings. The van der Waals surface area contributed by atoms with Crippen LogP contribution in [-0.2, 0) is 0 Å². The summed E-state index contributed by atoms with van der Waals surface area (Å²) < 4.78 is 0. The number of nitrogens with one attached hydrogen (secondary N) is 1. The standard InChI is InChI=1S/C7H8N3/c1-10-8-6-4-2-3-5-7(6)9-10/h2-5,8H,1H3.